The average molecular weight is 513 g/mol. The van der Waals surface area contributed by atoms with E-state index in [0.29, 0.717) is 24.3 Å². The molecule has 0 saturated heterocycles. The van der Waals surface area contributed by atoms with E-state index in [1.165, 1.54) is 40.6 Å². The summed E-state index contributed by atoms with van der Waals surface area (Å²) >= 11 is 0. The Balaban J connectivity index is 2.42. The molecule has 36 heavy (non-hydrogen) atoms. The summed E-state index contributed by atoms with van der Waals surface area (Å²) in [4.78, 5) is 0. The lowest BCUT2D eigenvalue weighted by Crippen LogP contribution is -2.30. The van der Waals surface area contributed by atoms with Crippen LogP contribution in [0.5, 0.6) is 34.5 Å². The summed E-state index contributed by atoms with van der Waals surface area (Å²) in [6.45, 7) is -1.38. The van der Waals surface area contributed by atoms with E-state index in [2.05, 4.69) is 0 Å². The van der Waals surface area contributed by atoms with Crippen molar-refractivity contribution in [1.82, 2.24) is 0 Å². The molecule has 0 aliphatic carbocycles. The largest absolute Gasteiger partial charge is 0.493 e. The fraction of sp³-hybridized carbons (Fsp3) is 0.520. The Hall–Kier alpha value is -2.96. The highest BCUT2D eigenvalue weighted by atomic mass is 16.6. The second-order valence-electron chi connectivity index (χ2n) is 7.80. The van der Waals surface area contributed by atoms with Gasteiger partial charge in [-0.05, 0) is 48.2 Å². The topological polar surface area (TPSA) is 157 Å². The van der Waals surface area contributed by atoms with Gasteiger partial charge in [-0.25, -0.2) is 0 Å². The van der Waals surface area contributed by atoms with Crippen LogP contribution in [0.3, 0.4) is 0 Å². The number of methoxy groups -OCH3 is 4. The van der Waals surface area contributed by atoms with Gasteiger partial charge in [0.2, 0.25) is 11.5 Å². The molecule has 202 valence electrons. The van der Waals surface area contributed by atoms with Crippen molar-refractivity contribution in [1.29, 1.82) is 0 Å². The van der Waals surface area contributed by atoms with Crippen molar-refractivity contribution in [2.24, 2.45) is 0 Å². The van der Waals surface area contributed by atoms with Crippen molar-refractivity contribution < 1.29 is 54.0 Å². The quantitative estimate of drug-likeness (QED) is 0.217. The Morgan fingerprint density at radius 2 is 1.14 bits per heavy atom. The van der Waals surface area contributed by atoms with E-state index in [4.69, 9.17) is 33.5 Å². The van der Waals surface area contributed by atoms with Crippen LogP contribution in [0.1, 0.15) is 23.7 Å². The molecule has 0 aromatic heterocycles. The lowest BCUT2D eigenvalue weighted by Gasteiger charge is -2.26. The molecule has 0 unspecified atom stereocenters. The van der Waals surface area contributed by atoms with Gasteiger partial charge in [0, 0.05) is 6.61 Å². The van der Waals surface area contributed by atoms with E-state index in [9.17, 15) is 20.4 Å². The zero-order valence-corrected chi connectivity index (χ0v) is 21.0. The number of ether oxygens (including phenoxy) is 6. The van der Waals surface area contributed by atoms with E-state index < -0.39 is 38.1 Å². The predicted molar refractivity (Wildman–Crippen MR) is 130 cm³/mol. The van der Waals surface area contributed by atoms with Gasteiger partial charge in [0.1, 0.15) is 12.2 Å². The molecule has 0 spiro atoms. The standard InChI is InChI=1S/C25H36O11/c1-31-18-8-15(6-5-7-26)9-19(32-2)25(18)36-22(14-29)23(30)16-10-20(33-3)24(21(11-16)34-4)35-17(12-27)13-28/h8-11,17,22-23,26-30H,5-7,12-14H2,1-4H3/t22-,23-/m1/s1. The highest BCUT2D eigenvalue weighted by molar-refractivity contribution is 5.56. The number of hydrogen-bond donors (Lipinski definition) is 5. The fourth-order valence-electron chi connectivity index (χ4n) is 3.53. The van der Waals surface area contributed by atoms with E-state index >= 15 is 0 Å². The smallest absolute Gasteiger partial charge is 0.204 e. The van der Waals surface area contributed by atoms with Crippen molar-refractivity contribution in [3.05, 3.63) is 35.4 Å². The molecule has 0 fully saturated rings. The summed E-state index contributed by atoms with van der Waals surface area (Å²) in [6.07, 6.45) is -2.23. The van der Waals surface area contributed by atoms with Crippen LogP contribution < -0.4 is 28.4 Å². The highest BCUT2D eigenvalue weighted by Gasteiger charge is 2.29. The molecule has 0 amide bonds. The summed E-state index contributed by atoms with van der Waals surface area (Å²) in [5, 5.41) is 49.0. The SMILES string of the molecule is COc1cc([C@@H](O)[C@@H](CO)Oc2c(OC)cc(CCCO)cc2OC)cc(OC)c1OC(CO)CO. The predicted octanol–water partition coefficient (Wildman–Crippen LogP) is 0.851. The summed E-state index contributed by atoms with van der Waals surface area (Å²) in [5.74, 6) is 1.35. The first-order valence-electron chi connectivity index (χ1n) is 11.4. The average Bonchev–Trinajstić information content (AvgIpc) is 2.92. The minimum Gasteiger partial charge on any atom is -0.493 e. The molecule has 11 nitrogen and oxygen atoms in total. The Bertz CT molecular complexity index is 896. The molecule has 0 radical (unpaired) electrons. The van der Waals surface area contributed by atoms with Crippen LogP contribution in [-0.4, -0.2) is 92.6 Å². The first kappa shape index (κ1) is 29.3. The molecule has 0 heterocycles. The van der Waals surface area contributed by atoms with Crippen molar-refractivity contribution >= 4 is 0 Å². The maximum Gasteiger partial charge on any atom is 0.204 e. The van der Waals surface area contributed by atoms with Crippen LogP contribution in [0, 0.1) is 0 Å². The van der Waals surface area contributed by atoms with Gasteiger partial charge >= 0.3 is 0 Å². The van der Waals surface area contributed by atoms with Gasteiger partial charge in [0.15, 0.2) is 29.1 Å². The second kappa shape index (κ2) is 14.6. The normalized spacial score (nSPS) is 12.7. The summed E-state index contributed by atoms with van der Waals surface area (Å²) in [6, 6.07) is 6.44. The fourth-order valence-corrected chi connectivity index (χ4v) is 3.53. The molecule has 11 heteroatoms. The lowest BCUT2D eigenvalue weighted by atomic mass is 10.0. The van der Waals surface area contributed by atoms with Crippen molar-refractivity contribution in [2.75, 3.05) is 54.9 Å². The van der Waals surface area contributed by atoms with Crippen LogP contribution in [0.25, 0.3) is 0 Å². The Morgan fingerprint density at radius 1 is 0.667 bits per heavy atom. The number of rotatable bonds is 16. The van der Waals surface area contributed by atoms with Crippen LogP contribution in [0.15, 0.2) is 24.3 Å². The lowest BCUT2D eigenvalue weighted by molar-refractivity contribution is -0.00195. The van der Waals surface area contributed by atoms with Gasteiger partial charge < -0.3 is 54.0 Å². The molecule has 0 aliphatic rings. The van der Waals surface area contributed by atoms with Gasteiger partial charge in [0.25, 0.3) is 0 Å². The zero-order valence-electron chi connectivity index (χ0n) is 21.0. The Morgan fingerprint density at radius 3 is 1.56 bits per heavy atom. The molecular weight excluding hydrogens is 476 g/mol. The van der Waals surface area contributed by atoms with Gasteiger partial charge in [-0.1, -0.05) is 0 Å². The van der Waals surface area contributed by atoms with Gasteiger partial charge in [0.05, 0.1) is 48.3 Å². The molecule has 2 atom stereocenters. The first-order chi connectivity index (χ1) is 17.4. The van der Waals surface area contributed by atoms with Gasteiger partial charge in [-0.15, -0.1) is 0 Å². The molecule has 5 N–H and O–H groups in total. The van der Waals surface area contributed by atoms with E-state index in [1.54, 1.807) is 12.1 Å². The van der Waals surface area contributed by atoms with Gasteiger partial charge in [-0.2, -0.15) is 0 Å². The number of aryl methyl sites for hydroxylation is 1. The third-order valence-electron chi connectivity index (χ3n) is 5.46. The van der Waals surface area contributed by atoms with E-state index in [0.717, 1.165) is 5.56 Å². The molecule has 0 bridgehead atoms. The molecule has 2 rings (SSSR count). The molecule has 0 aliphatic heterocycles. The van der Waals surface area contributed by atoms with Crippen molar-refractivity contribution in [2.45, 2.75) is 31.2 Å². The van der Waals surface area contributed by atoms with Crippen LogP contribution >= 0.6 is 0 Å². The monoisotopic (exact) mass is 512 g/mol. The van der Waals surface area contributed by atoms with Crippen molar-refractivity contribution in [3.63, 3.8) is 0 Å². The van der Waals surface area contributed by atoms with Gasteiger partial charge in [-0.3, -0.25) is 0 Å². The summed E-state index contributed by atoms with van der Waals surface area (Å²) in [7, 11) is 5.70. The minimum atomic E-state index is -1.35. The van der Waals surface area contributed by atoms with E-state index in [-0.39, 0.29) is 35.2 Å². The number of benzene rings is 2. The highest BCUT2D eigenvalue weighted by Crippen LogP contribution is 2.43. The Kier molecular flexibility index (Phi) is 11.8. The Labute approximate surface area is 210 Å². The molecule has 2 aromatic rings. The number of aliphatic hydroxyl groups is 5. The van der Waals surface area contributed by atoms with Crippen LogP contribution in [-0.2, 0) is 6.42 Å². The zero-order chi connectivity index (χ0) is 26.7. The van der Waals surface area contributed by atoms with Crippen LogP contribution in [0.4, 0.5) is 0 Å². The third kappa shape index (κ3) is 7.05. The maximum absolute atomic E-state index is 11.1. The summed E-state index contributed by atoms with van der Waals surface area (Å²) < 4.78 is 33.3. The minimum absolute atomic E-state index is 0.0407. The first-order valence-corrected chi connectivity index (χ1v) is 11.4. The number of aliphatic hydroxyl groups excluding tert-OH is 5. The number of hydrogen-bond acceptors (Lipinski definition) is 11. The molecular formula is C25H36O11. The summed E-state index contributed by atoms with van der Waals surface area (Å²) in [5.41, 5.74) is 1.15. The second-order valence-corrected chi connectivity index (χ2v) is 7.80. The third-order valence-corrected chi connectivity index (χ3v) is 5.46. The van der Waals surface area contributed by atoms with Crippen LogP contribution in [0.2, 0.25) is 0 Å². The van der Waals surface area contributed by atoms with E-state index in [1.807, 2.05) is 0 Å². The molecule has 0 saturated carbocycles. The van der Waals surface area contributed by atoms with Crippen molar-refractivity contribution in [3.8, 4) is 34.5 Å². The maximum atomic E-state index is 11.1. The molecule has 2 aromatic carbocycles.